The Labute approximate surface area is 189 Å². The SMILES string of the molecule is COC[C@@H](C)Nc1ncnc2[nH]cc(C(=O)c3ccc(CC4CCC(F)(F)CC4)nc3F)c12. The molecule has 4 rings (SSSR count). The highest BCUT2D eigenvalue weighted by molar-refractivity contribution is 6.18. The summed E-state index contributed by atoms with van der Waals surface area (Å²) in [5.41, 5.74) is 0.951. The molecule has 33 heavy (non-hydrogen) atoms. The minimum atomic E-state index is -2.61. The highest BCUT2D eigenvalue weighted by Crippen LogP contribution is 2.37. The lowest BCUT2D eigenvalue weighted by Gasteiger charge is -2.28. The molecule has 2 N–H and O–H groups in total. The lowest BCUT2D eigenvalue weighted by Crippen LogP contribution is -2.25. The molecule has 7 nitrogen and oxygen atoms in total. The molecular weight excluding hydrogens is 435 g/mol. The van der Waals surface area contributed by atoms with Gasteiger partial charge < -0.3 is 15.0 Å². The average Bonchev–Trinajstić information content (AvgIpc) is 3.20. The van der Waals surface area contributed by atoms with E-state index in [9.17, 15) is 18.0 Å². The number of ether oxygens (including phenoxy) is 1. The second-order valence-corrected chi connectivity index (χ2v) is 8.62. The van der Waals surface area contributed by atoms with Crippen molar-refractivity contribution in [1.82, 2.24) is 19.9 Å². The Balaban J connectivity index is 1.56. The predicted molar refractivity (Wildman–Crippen MR) is 117 cm³/mol. The number of nitrogens with one attached hydrogen (secondary N) is 2. The van der Waals surface area contributed by atoms with E-state index < -0.39 is 17.7 Å². The Morgan fingerprint density at radius 2 is 2.03 bits per heavy atom. The Bertz CT molecular complexity index is 1140. The van der Waals surface area contributed by atoms with Crippen molar-refractivity contribution in [3.63, 3.8) is 0 Å². The highest BCUT2D eigenvalue weighted by Gasteiger charge is 2.35. The molecule has 0 radical (unpaired) electrons. The molecule has 10 heteroatoms. The number of pyridine rings is 1. The molecule has 0 aliphatic heterocycles. The largest absolute Gasteiger partial charge is 0.383 e. The van der Waals surface area contributed by atoms with Crippen molar-refractivity contribution in [3.05, 3.63) is 47.4 Å². The topological polar surface area (TPSA) is 92.8 Å². The summed E-state index contributed by atoms with van der Waals surface area (Å²) in [7, 11) is 1.59. The van der Waals surface area contributed by atoms with Gasteiger partial charge in [0.1, 0.15) is 17.8 Å². The first-order valence-electron chi connectivity index (χ1n) is 10.9. The van der Waals surface area contributed by atoms with Gasteiger partial charge in [-0.25, -0.2) is 23.7 Å². The fraction of sp³-hybridized carbons (Fsp3) is 0.478. The van der Waals surface area contributed by atoms with Gasteiger partial charge in [0.2, 0.25) is 11.9 Å². The van der Waals surface area contributed by atoms with E-state index in [1.54, 1.807) is 13.2 Å². The fourth-order valence-corrected chi connectivity index (χ4v) is 4.28. The van der Waals surface area contributed by atoms with Crippen molar-refractivity contribution in [1.29, 1.82) is 0 Å². The highest BCUT2D eigenvalue weighted by atomic mass is 19.3. The zero-order valence-corrected chi connectivity index (χ0v) is 18.5. The molecule has 1 saturated carbocycles. The number of fused-ring (bicyclic) bond motifs is 1. The third-order valence-electron chi connectivity index (χ3n) is 6.00. The number of carbonyl (C=O) groups excluding carboxylic acids is 1. The third kappa shape index (κ3) is 5.16. The van der Waals surface area contributed by atoms with Crippen LogP contribution in [0.5, 0.6) is 0 Å². The van der Waals surface area contributed by atoms with Gasteiger partial charge in [0, 0.05) is 37.9 Å². The van der Waals surface area contributed by atoms with Crippen LogP contribution in [0.3, 0.4) is 0 Å². The van der Waals surface area contributed by atoms with Gasteiger partial charge in [-0.15, -0.1) is 0 Å². The van der Waals surface area contributed by atoms with Gasteiger partial charge in [-0.1, -0.05) is 0 Å². The van der Waals surface area contributed by atoms with Crippen LogP contribution in [0, 0.1) is 11.9 Å². The summed E-state index contributed by atoms with van der Waals surface area (Å²) >= 11 is 0. The van der Waals surface area contributed by atoms with Crippen molar-refractivity contribution >= 4 is 22.6 Å². The van der Waals surface area contributed by atoms with E-state index in [0.29, 0.717) is 48.4 Å². The number of aromatic amines is 1. The van der Waals surface area contributed by atoms with Gasteiger partial charge in [-0.2, -0.15) is 4.39 Å². The molecule has 1 atom stereocenters. The molecule has 0 aromatic carbocycles. The lowest BCUT2D eigenvalue weighted by molar-refractivity contribution is -0.0457. The summed E-state index contributed by atoms with van der Waals surface area (Å²) in [5.74, 6) is -3.57. The first-order chi connectivity index (χ1) is 15.8. The number of halogens is 3. The minimum Gasteiger partial charge on any atom is -0.383 e. The molecule has 3 aromatic heterocycles. The van der Waals surface area contributed by atoms with Crippen LogP contribution >= 0.6 is 0 Å². The van der Waals surface area contributed by atoms with Crippen LogP contribution in [0.25, 0.3) is 11.0 Å². The molecule has 1 fully saturated rings. The van der Waals surface area contributed by atoms with Crippen LogP contribution in [-0.2, 0) is 11.2 Å². The predicted octanol–water partition coefficient (Wildman–Crippen LogP) is 4.54. The molecule has 1 aliphatic carbocycles. The van der Waals surface area contributed by atoms with Gasteiger partial charge in [0.05, 0.1) is 23.1 Å². The second-order valence-electron chi connectivity index (χ2n) is 8.62. The van der Waals surface area contributed by atoms with Crippen molar-refractivity contribution in [2.24, 2.45) is 5.92 Å². The number of carbonyl (C=O) groups is 1. The number of nitrogens with zero attached hydrogens (tertiary/aromatic N) is 3. The first-order valence-corrected chi connectivity index (χ1v) is 10.9. The van der Waals surface area contributed by atoms with Gasteiger partial charge in [0.15, 0.2) is 5.78 Å². The second kappa shape index (κ2) is 9.46. The number of methoxy groups -OCH3 is 1. The molecule has 0 bridgehead atoms. The average molecular weight is 461 g/mol. The number of rotatable bonds is 8. The Morgan fingerprint density at radius 1 is 1.27 bits per heavy atom. The summed E-state index contributed by atoms with van der Waals surface area (Å²) in [5, 5.41) is 3.64. The molecule has 0 amide bonds. The van der Waals surface area contributed by atoms with E-state index in [-0.39, 0.29) is 35.9 Å². The third-order valence-corrected chi connectivity index (χ3v) is 6.00. The maximum Gasteiger partial charge on any atom is 0.248 e. The summed E-state index contributed by atoms with van der Waals surface area (Å²) in [6.45, 7) is 2.33. The zero-order valence-electron chi connectivity index (χ0n) is 18.5. The molecule has 3 aromatic rings. The van der Waals surface area contributed by atoms with Crippen LogP contribution in [0.4, 0.5) is 19.0 Å². The molecule has 1 aliphatic rings. The van der Waals surface area contributed by atoms with E-state index in [1.165, 1.54) is 18.6 Å². The number of hydrogen-bond donors (Lipinski definition) is 2. The molecule has 0 unspecified atom stereocenters. The number of hydrogen-bond acceptors (Lipinski definition) is 6. The quantitative estimate of drug-likeness (QED) is 0.378. The monoisotopic (exact) mass is 461 g/mol. The van der Waals surface area contributed by atoms with E-state index in [2.05, 4.69) is 25.3 Å². The summed E-state index contributed by atoms with van der Waals surface area (Å²) in [6.07, 6.45) is 3.70. The van der Waals surface area contributed by atoms with Gasteiger partial charge >= 0.3 is 0 Å². The van der Waals surface area contributed by atoms with Crippen molar-refractivity contribution < 1.29 is 22.7 Å². The standard InChI is InChI=1S/C23H26F3N5O2/c1-13(11-33-2)30-22-18-17(10-27-21(18)28-12-29-22)19(32)16-4-3-15(31-20(16)24)9-14-5-7-23(25,26)8-6-14/h3-4,10,12-14H,5-9,11H2,1-2H3,(H2,27,28,29,30)/t13-/m1/s1. The number of alkyl halides is 2. The first kappa shape index (κ1) is 23.2. The van der Waals surface area contributed by atoms with Crippen molar-refractivity contribution in [2.75, 3.05) is 19.0 Å². The van der Waals surface area contributed by atoms with E-state index in [4.69, 9.17) is 4.74 Å². The zero-order chi connectivity index (χ0) is 23.6. The van der Waals surface area contributed by atoms with Crippen LogP contribution < -0.4 is 5.32 Å². The Hall–Kier alpha value is -3.01. The van der Waals surface area contributed by atoms with Gasteiger partial charge in [0.25, 0.3) is 0 Å². The Morgan fingerprint density at radius 3 is 2.73 bits per heavy atom. The summed E-state index contributed by atoms with van der Waals surface area (Å²) in [6, 6.07) is 2.91. The van der Waals surface area contributed by atoms with Gasteiger partial charge in [-0.3, -0.25) is 4.79 Å². The number of H-pyrrole nitrogens is 1. The Kier molecular flexibility index (Phi) is 6.64. The molecular formula is C23H26F3N5O2. The molecule has 3 heterocycles. The molecule has 0 spiro atoms. The normalized spacial score (nSPS) is 17.2. The minimum absolute atomic E-state index is 0.0339. The number of aromatic nitrogens is 4. The fourth-order valence-electron chi connectivity index (χ4n) is 4.28. The van der Waals surface area contributed by atoms with Crippen LogP contribution in [0.2, 0.25) is 0 Å². The smallest absolute Gasteiger partial charge is 0.248 e. The van der Waals surface area contributed by atoms with E-state index in [1.807, 2.05) is 6.92 Å². The molecule has 176 valence electrons. The number of anilines is 1. The number of ketones is 1. The lowest BCUT2D eigenvalue weighted by atomic mass is 9.84. The molecule has 0 saturated heterocycles. The van der Waals surface area contributed by atoms with Crippen LogP contribution in [-0.4, -0.2) is 51.4 Å². The van der Waals surface area contributed by atoms with Gasteiger partial charge in [-0.05, 0) is 44.2 Å². The van der Waals surface area contributed by atoms with Crippen molar-refractivity contribution in [3.8, 4) is 0 Å². The van der Waals surface area contributed by atoms with E-state index >= 15 is 0 Å². The van der Waals surface area contributed by atoms with Crippen molar-refractivity contribution in [2.45, 2.75) is 51.0 Å². The maximum absolute atomic E-state index is 14.9. The van der Waals surface area contributed by atoms with E-state index in [0.717, 1.165) is 0 Å². The summed E-state index contributed by atoms with van der Waals surface area (Å²) in [4.78, 5) is 28.5. The summed E-state index contributed by atoms with van der Waals surface area (Å²) < 4.78 is 46.7. The van der Waals surface area contributed by atoms with Crippen LogP contribution in [0.15, 0.2) is 24.7 Å². The van der Waals surface area contributed by atoms with Crippen LogP contribution in [0.1, 0.15) is 54.2 Å². The maximum atomic E-state index is 14.9.